The highest BCUT2D eigenvalue weighted by molar-refractivity contribution is 5.79. The van der Waals surface area contributed by atoms with E-state index in [0.29, 0.717) is 23.7 Å². The van der Waals surface area contributed by atoms with Crippen molar-refractivity contribution in [2.45, 2.75) is 51.9 Å². The van der Waals surface area contributed by atoms with Crippen LogP contribution in [0.1, 0.15) is 51.9 Å². The second-order valence-corrected chi connectivity index (χ2v) is 9.23. The average Bonchev–Trinajstić information content (AvgIpc) is 2.61. The number of nitrogens with one attached hydrogen (secondary N) is 1. The van der Waals surface area contributed by atoms with E-state index in [-0.39, 0.29) is 0 Å². The first-order valence-electron chi connectivity index (χ1n) is 10.9. The van der Waals surface area contributed by atoms with E-state index in [0.717, 1.165) is 24.8 Å². The first-order valence-corrected chi connectivity index (χ1v) is 10.9. The topological polar surface area (TPSA) is 35.6 Å². The van der Waals surface area contributed by atoms with Crippen LogP contribution in [-0.2, 0) is 4.79 Å². The van der Waals surface area contributed by atoms with Gasteiger partial charge in [-0.05, 0) is 81.7 Å². The van der Waals surface area contributed by atoms with E-state index in [1.54, 1.807) is 0 Å². The third-order valence-electron chi connectivity index (χ3n) is 7.64. The molecule has 0 aromatic rings. The molecular weight excluding hydrogens is 310 g/mol. The van der Waals surface area contributed by atoms with E-state index in [4.69, 9.17) is 0 Å². The molecule has 1 N–H and O–H groups in total. The zero-order valence-electron chi connectivity index (χ0n) is 16.1. The molecule has 4 heteroatoms. The third-order valence-corrected chi connectivity index (χ3v) is 7.64. The van der Waals surface area contributed by atoms with Crippen molar-refractivity contribution in [3.63, 3.8) is 0 Å². The fraction of sp³-hybridized carbons (Fsp3) is 0.952. The molecule has 5 rings (SSSR count). The summed E-state index contributed by atoms with van der Waals surface area (Å²) in [6.45, 7) is 10.4. The Morgan fingerprint density at radius 1 is 0.880 bits per heavy atom. The lowest BCUT2D eigenvalue weighted by Crippen LogP contribution is -2.51. The van der Waals surface area contributed by atoms with Gasteiger partial charge in [-0.1, -0.05) is 6.92 Å². The summed E-state index contributed by atoms with van der Waals surface area (Å²) in [5.41, 5.74) is 0. The first kappa shape index (κ1) is 17.8. The minimum absolute atomic E-state index is 0.356. The fourth-order valence-electron chi connectivity index (χ4n) is 6.47. The van der Waals surface area contributed by atoms with Crippen LogP contribution >= 0.6 is 0 Å². The van der Waals surface area contributed by atoms with E-state index in [1.807, 2.05) is 0 Å². The lowest BCUT2D eigenvalue weighted by Gasteiger charge is -2.53. The van der Waals surface area contributed by atoms with Crippen molar-refractivity contribution in [1.29, 1.82) is 0 Å². The van der Waals surface area contributed by atoms with Gasteiger partial charge in [0.15, 0.2) is 0 Å². The molecule has 0 atom stereocenters. The molecule has 1 heterocycles. The van der Waals surface area contributed by atoms with Gasteiger partial charge in [-0.15, -0.1) is 0 Å². The third kappa shape index (κ3) is 4.05. The Labute approximate surface area is 153 Å². The monoisotopic (exact) mass is 347 g/mol. The molecule has 0 aromatic carbocycles. The highest BCUT2D eigenvalue weighted by Gasteiger charge is 2.50. The van der Waals surface area contributed by atoms with Gasteiger partial charge in [0.05, 0.1) is 0 Å². The maximum Gasteiger partial charge on any atom is 0.223 e. The molecule has 1 saturated heterocycles. The van der Waals surface area contributed by atoms with Crippen molar-refractivity contribution in [3.8, 4) is 0 Å². The summed E-state index contributed by atoms with van der Waals surface area (Å²) in [5, 5.41) is 3.30. The number of piperazine rings is 1. The number of hydrogen-bond acceptors (Lipinski definition) is 3. The molecular formula is C21H37N3O. The van der Waals surface area contributed by atoms with Gasteiger partial charge in [-0.3, -0.25) is 4.79 Å². The Bertz CT molecular complexity index is 430. The summed E-state index contributed by atoms with van der Waals surface area (Å²) in [6.07, 6.45) is 9.18. The summed E-state index contributed by atoms with van der Waals surface area (Å²) in [4.78, 5) is 17.9. The SMILES string of the molecule is CCN1CCN(CCCCNC(=O)C2C3CC4CC(C3)CC2C4)CC1. The second kappa shape index (κ2) is 7.96. The van der Waals surface area contributed by atoms with Gasteiger partial charge in [-0.2, -0.15) is 0 Å². The van der Waals surface area contributed by atoms with E-state index in [2.05, 4.69) is 22.0 Å². The Kier molecular flexibility index (Phi) is 5.66. The molecule has 1 amide bonds. The van der Waals surface area contributed by atoms with Crippen molar-refractivity contribution in [2.75, 3.05) is 45.8 Å². The number of likely N-dealkylation sites (N-methyl/N-ethyl adjacent to an activating group) is 1. The van der Waals surface area contributed by atoms with Gasteiger partial charge in [-0.25, -0.2) is 0 Å². The number of carbonyl (C=O) groups is 1. The van der Waals surface area contributed by atoms with E-state index >= 15 is 0 Å². The molecule has 4 aliphatic carbocycles. The fourth-order valence-corrected chi connectivity index (χ4v) is 6.47. The molecule has 0 spiro atoms. The van der Waals surface area contributed by atoms with E-state index in [1.165, 1.54) is 77.8 Å². The molecule has 0 unspecified atom stereocenters. The number of carbonyl (C=O) groups excluding carboxylic acids is 1. The van der Waals surface area contributed by atoms with E-state index < -0.39 is 0 Å². The molecule has 5 fully saturated rings. The van der Waals surface area contributed by atoms with Gasteiger partial charge in [0.1, 0.15) is 0 Å². The Morgan fingerprint density at radius 2 is 1.48 bits per heavy atom. The normalized spacial score (nSPS) is 38.2. The van der Waals surface area contributed by atoms with Crippen molar-refractivity contribution in [3.05, 3.63) is 0 Å². The molecule has 1 aliphatic heterocycles. The zero-order valence-corrected chi connectivity index (χ0v) is 16.1. The summed E-state index contributed by atoms with van der Waals surface area (Å²) in [5.74, 6) is 4.09. The van der Waals surface area contributed by atoms with Crippen LogP contribution in [0.5, 0.6) is 0 Å². The van der Waals surface area contributed by atoms with Crippen LogP contribution in [0.15, 0.2) is 0 Å². The highest BCUT2D eigenvalue weighted by atomic mass is 16.1. The van der Waals surface area contributed by atoms with Crippen molar-refractivity contribution in [1.82, 2.24) is 15.1 Å². The van der Waals surface area contributed by atoms with Gasteiger partial charge in [0, 0.05) is 38.6 Å². The standard InChI is InChI=1S/C21H37N3O/c1-2-23-7-9-24(10-8-23)6-4-3-5-22-21(25)20-18-12-16-11-17(14-18)15-19(20)13-16/h16-20H,2-15H2,1H3,(H,22,25). The highest BCUT2D eigenvalue weighted by Crippen LogP contribution is 2.56. The second-order valence-electron chi connectivity index (χ2n) is 9.23. The number of nitrogens with zero attached hydrogens (tertiary/aromatic N) is 2. The number of rotatable bonds is 7. The van der Waals surface area contributed by atoms with Gasteiger partial charge >= 0.3 is 0 Å². The Morgan fingerprint density at radius 3 is 2.08 bits per heavy atom. The molecule has 4 saturated carbocycles. The average molecular weight is 348 g/mol. The predicted octanol–water partition coefficient (Wildman–Crippen LogP) is 2.59. The largest absolute Gasteiger partial charge is 0.356 e. The first-order chi connectivity index (χ1) is 12.2. The van der Waals surface area contributed by atoms with Crippen LogP contribution < -0.4 is 5.32 Å². The lowest BCUT2D eigenvalue weighted by atomic mass is 9.51. The van der Waals surface area contributed by atoms with E-state index in [9.17, 15) is 4.79 Å². The van der Waals surface area contributed by atoms with Gasteiger partial charge in [0.2, 0.25) is 5.91 Å². The van der Waals surface area contributed by atoms with Crippen LogP contribution in [0.3, 0.4) is 0 Å². The molecule has 0 aromatic heterocycles. The molecule has 4 nitrogen and oxygen atoms in total. The molecule has 5 aliphatic rings. The predicted molar refractivity (Wildman–Crippen MR) is 101 cm³/mol. The summed E-state index contributed by atoms with van der Waals surface area (Å²) in [7, 11) is 0. The van der Waals surface area contributed by atoms with Crippen LogP contribution in [-0.4, -0.2) is 61.5 Å². The number of hydrogen-bond donors (Lipinski definition) is 1. The lowest BCUT2D eigenvalue weighted by molar-refractivity contribution is -0.138. The molecule has 4 bridgehead atoms. The maximum absolute atomic E-state index is 12.7. The summed E-state index contributed by atoms with van der Waals surface area (Å²) >= 11 is 0. The summed E-state index contributed by atoms with van der Waals surface area (Å²) < 4.78 is 0. The molecule has 25 heavy (non-hydrogen) atoms. The Balaban J connectivity index is 1.12. The number of unbranched alkanes of at least 4 members (excludes halogenated alkanes) is 1. The quantitative estimate of drug-likeness (QED) is 0.719. The zero-order chi connectivity index (χ0) is 17.2. The smallest absolute Gasteiger partial charge is 0.223 e. The minimum atomic E-state index is 0.356. The van der Waals surface area contributed by atoms with Crippen LogP contribution in [0.2, 0.25) is 0 Å². The van der Waals surface area contributed by atoms with Crippen molar-refractivity contribution >= 4 is 5.91 Å². The van der Waals surface area contributed by atoms with Gasteiger partial charge in [0.25, 0.3) is 0 Å². The Hall–Kier alpha value is -0.610. The van der Waals surface area contributed by atoms with Crippen molar-refractivity contribution < 1.29 is 4.79 Å². The molecule has 142 valence electrons. The van der Waals surface area contributed by atoms with Crippen LogP contribution in [0.25, 0.3) is 0 Å². The van der Waals surface area contributed by atoms with Gasteiger partial charge < -0.3 is 15.1 Å². The number of amides is 1. The summed E-state index contributed by atoms with van der Waals surface area (Å²) in [6, 6.07) is 0. The maximum atomic E-state index is 12.7. The van der Waals surface area contributed by atoms with Crippen molar-refractivity contribution in [2.24, 2.45) is 29.6 Å². The van der Waals surface area contributed by atoms with Crippen LogP contribution in [0, 0.1) is 29.6 Å². The minimum Gasteiger partial charge on any atom is -0.356 e. The molecule has 0 radical (unpaired) electrons. The van der Waals surface area contributed by atoms with Crippen LogP contribution in [0.4, 0.5) is 0 Å².